The highest BCUT2D eigenvalue weighted by atomic mass is 16.5. The van der Waals surface area contributed by atoms with Gasteiger partial charge in [0.2, 0.25) is 0 Å². The van der Waals surface area contributed by atoms with E-state index in [4.69, 9.17) is 9.47 Å². The second-order valence-electron chi connectivity index (χ2n) is 5.97. The molecule has 1 aliphatic rings. The van der Waals surface area contributed by atoms with Crippen molar-refractivity contribution in [2.45, 2.75) is 58.2 Å². The minimum Gasteiger partial charge on any atom is -0.490 e. The average molecular weight is 293 g/mol. The number of ether oxygens (including phenoxy) is 2. The van der Waals surface area contributed by atoms with E-state index in [0.717, 1.165) is 23.6 Å². The molecule has 1 aromatic carbocycles. The molecule has 0 bridgehead atoms. The number of rotatable bonds is 9. The van der Waals surface area contributed by atoms with Gasteiger partial charge in [0.15, 0.2) is 11.5 Å². The maximum Gasteiger partial charge on any atom is 0.165 e. The zero-order valence-corrected chi connectivity index (χ0v) is 13.3. The summed E-state index contributed by atoms with van der Waals surface area (Å²) in [5.74, 6) is 1.50. The highest BCUT2D eigenvalue weighted by molar-refractivity contribution is 5.46. The van der Waals surface area contributed by atoms with Gasteiger partial charge in [0.25, 0.3) is 0 Å². The van der Waals surface area contributed by atoms with Crippen LogP contribution in [0.25, 0.3) is 0 Å². The van der Waals surface area contributed by atoms with E-state index in [2.05, 4.69) is 5.32 Å². The molecule has 0 saturated heterocycles. The zero-order valence-electron chi connectivity index (χ0n) is 13.3. The van der Waals surface area contributed by atoms with Gasteiger partial charge in [-0.3, -0.25) is 0 Å². The second-order valence-corrected chi connectivity index (χ2v) is 5.97. The van der Waals surface area contributed by atoms with Crippen molar-refractivity contribution in [3.05, 3.63) is 23.8 Å². The number of benzene rings is 1. The van der Waals surface area contributed by atoms with Crippen LogP contribution in [0.5, 0.6) is 11.5 Å². The Morgan fingerprint density at radius 1 is 1.29 bits per heavy atom. The molecule has 2 rings (SSSR count). The van der Waals surface area contributed by atoms with Gasteiger partial charge in [-0.25, -0.2) is 0 Å². The topological polar surface area (TPSA) is 50.7 Å². The molecule has 1 atom stereocenters. The number of hydrogen-bond acceptors (Lipinski definition) is 4. The third kappa shape index (κ3) is 4.90. The lowest BCUT2D eigenvalue weighted by Gasteiger charge is -2.24. The highest BCUT2D eigenvalue weighted by Crippen LogP contribution is 2.33. The smallest absolute Gasteiger partial charge is 0.165 e. The molecule has 1 saturated carbocycles. The van der Waals surface area contributed by atoms with Crippen LogP contribution in [0.1, 0.15) is 45.6 Å². The Morgan fingerprint density at radius 2 is 2.05 bits per heavy atom. The van der Waals surface area contributed by atoms with Gasteiger partial charge in [0.1, 0.15) is 6.61 Å². The highest BCUT2D eigenvalue weighted by Gasteiger charge is 2.23. The predicted octanol–water partition coefficient (Wildman–Crippen LogP) is 2.88. The first-order valence-corrected chi connectivity index (χ1v) is 7.89. The van der Waals surface area contributed by atoms with Crippen LogP contribution in [-0.2, 0) is 6.54 Å². The average Bonchev–Trinajstić information content (AvgIpc) is 3.28. The van der Waals surface area contributed by atoms with Gasteiger partial charge in [-0.05, 0) is 39.2 Å². The molecule has 1 unspecified atom stereocenters. The number of hydrogen-bond donors (Lipinski definition) is 2. The van der Waals surface area contributed by atoms with Gasteiger partial charge in [0, 0.05) is 18.2 Å². The van der Waals surface area contributed by atoms with Gasteiger partial charge in [-0.15, -0.1) is 0 Å². The third-order valence-electron chi connectivity index (χ3n) is 3.81. The maximum atomic E-state index is 10.1. The van der Waals surface area contributed by atoms with Crippen LogP contribution in [-0.4, -0.2) is 30.0 Å². The third-order valence-corrected chi connectivity index (χ3v) is 3.81. The molecule has 0 heterocycles. The Hall–Kier alpha value is -1.26. The molecule has 118 valence electrons. The SMILES string of the molecule is CCOc1cccc(CNC2CC2)c1OCC(C)(O)CC. The molecule has 1 aromatic rings. The summed E-state index contributed by atoms with van der Waals surface area (Å²) in [5.41, 5.74) is 0.264. The van der Waals surface area contributed by atoms with Crippen molar-refractivity contribution in [1.82, 2.24) is 5.32 Å². The van der Waals surface area contributed by atoms with Crippen molar-refractivity contribution in [3.63, 3.8) is 0 Å². The molecule has 4 heteroatoms. The van der Waals surface area contributed by atoms with Crippen molar-refractivity contribution in [2.24, 2.45) is 0 Å². The van der Waals surface area contributed by atoms with Crippen LogP contribution < -0.4 is 14.8 Å². The molecule has 21 heavy (non-hydrogen) atoms. The van der Waals surface area contributed by atoms with Crippen molar-refractivity contribution >= 4 is 0 Å². The van der Waals surface area contributed by atoms with Crippen molar-refractivity contribution < 1.29 is 14.6 Å². The summed E-state index contributed by atoms with van der Waals surface area (Å²) < 4.78 is 11.6. The van der Waals surface area contributed by atoms with Gasteiger partial charge in [-0.1, -0.05) is 19.1 Å². The van der Waals surface area contributed by atoms with Crippen LogP contribution in [0.4, 0.5) is 0 Å². The van der Waals surface area contributed by atoms with E-state index in [0.29, 0.717) is 19.1 Å². The molecule has 0 aliphatic heterocycles. The number of aliphatic hydroxyl groups is 1. The molecule has 0 aromatic heterocycles. The molecule has 0 amide bonds. The molecule has 2 N–H and O–H groups in total. The molecule has 0 radical (unpaired) electrons. The minimum atomic E-state index is -0.819. The maximum absolute atomic E-state index is 10.1. The van der Waals surface area contributed by atoms with Gasteiger partial charge in [0.05, 0.1) is 12.2 Å². The molecule has 4 nitrogen and oxygen atoms in total. The van der Waals surface area contributed by atoms with Crippen molar-refractivity contribution in [1.29, 1.82) is 0 Å². The summed E-state index contributed by atoms with van der Waals surface area (Å²) in [7, 11) is 0. The van der Waals surface area contributed by atoms with E-state index in [-0.39, 0.29) is 6.61 Å². The Bertz CT molecular complexity index is 455. The largest absolute Gasteiger partial charge is 0.490 e. The molecule has 0 spiro atoms. The summed E-state index contributed by atoms with van der Waals surface area (Å²) in [6, 6.07) is 6.60. The first kappa shape index (κ1) is 16.1. The molecular formula is C17H27NO3. The van der Waals surface area contributed by atoms with Crippen LogP contribution >= 0.6 is 0 Å². The zero-order chi connectivity index (χ0) is 15.3. The molecule has 1 fully saturated rings. The minimum absolute atomic E-state index is 0.268. The summed E-state index contributed by atoms with van der Waals surface area (Å²) in [6.07, 6.45) is 3.16. The molecular weight excluding hydrogens is 266 g/mol. The Balaban J connectivity index is 2.11. The van der Waals surface area contributed by atoms with Crippen molar-refractivity contribution in [2.75, 3.05) is 13.2 Å². The van der Waals surface area contributed by atoms with Crippen molar-refractivity contribution in [3.8, 4) is 11.5 Å². The fourth-order valence-corrected chi connectivity index (χ4v) is 2.00. The second kappa shape index (κ2) is 7.14. The van der Waals surface area contributed by atoms with E-state index >= 15 is 0 Å². The fourth-order valence-electron chi connectivity index (χ4n) is 2.00. The van der Waals surface area contributed by atoms with E-state index < -0.39 is 5.60 Å². The summed E-state index contributed by atoms with van der Waals surface area (Å²) in [5, 5.41) is 13.6. The predicted molar refractivity (Wildman–Crippen MR) is 83.9 cm³/mol. The van der Waals surface area contributed by atoms with Crippen LogP contribution in [0.2, 0.25) is 0 Å². The number of nitrogens with one attached hydrogen (secondary N) is 1. The number of para-hydroxylation sites is 1. The lowest BCUT2D eigenvalue weighted by molar-refractivity contribution is 0.00729. The summed E-state index contributed by atoms with van der Waals surface area (Å²) >= 11 is 0. The summed E-state index contributed by atoms with van der Waals surface area (Å²) in [4.78, 5) is 0. The standard InChI is InChI=1S/C17H27NO3/c1-4-17(3,19)12-21-16-13(11-18-14-9-10-14)7-6-8-15(16)20-5-2/h6-8,14,18-19H,4-5,9-12H2,1-3H3. The van der Waals surface area contributed by atoms with E-state index in [1.807, 2.05) is 32.0 Å². The monoisotopic (exact) mass is 293 g/mol. The van der Waals surface area contributed by atoms with Crippen LogP contribution in [0, 0.1) is 0 Å². The van der Waals surface area contributed by atoms with Gasteiger partial charge in [-0.2, -0.15) is 0 Å². The normalized spacial score (nSPS) is 17.3. The Labute approximate surface area is 127 Å². The lowest BCUT2D eigenvalue weighted by atomic mass is 10.1. The first-order chi connectivity index (χ1) is 10.1. The first-order valence-electron chi connectivity index (χ1n) is 7.89. The van der Waals surface area contributed by atoms with Gasteiger partial charge < -0.3 is 19.9 Å². The van der Waals surface area contributed by atoms with E-state index in [9.17, 15) is 5.11 Å². The lowest BCUT2D eigenvalue weighted by Crippen LogP contribution is -2.31. The van der Waals surface area contributed by atoms with Gasteiger partial charge >= 0.3 is 0 Å². The molecule has 1 aliphatic carbocycles. The Kier molecular flexibility index (Phi) is 5.48. The summed E-state index contributed by atoms with van der Waals surface area (Å²) in [6.45, 7) is 7.34. The quantitative estimate of drug-likeness (QED) is 0.735. The van der Waals surface area contributed by atoms with Crippen LogP contribution in [0.3, 0.4) is 0 Å². The van der Waals surface area contributed by atoms with E-state index in [1.54, 1.807) is 6.92 Å². The van der Waals surface area contributed by atoms with E-state index in [1.165, 1.54) is 12.8 Å². The van der Waals surface area contributed by atoms with Crippen LogP contribution in [0.15, 0.2) is 18.2 Å². The Morgan fingerprint density at radius 3 is 2.67 bits per heavy atom. The fraction of sp³-hybridized carbons (Fsp3) is 0.647.